The van der Waals surface area contributed by atoms with Crippen molar-refractivity contribution in [3.05, 3.63) is 59.7 Å². The first-order valence-electron chi connectivity index (χ1n) is 7.86. The van der Waals surface area contributed by atoms with Crippen molar-refractivity contribution in [1.29, 1.82) is 0 Å². The molecule has 3 rings (SSSR count). The third kappa shape index (κ3) is 3.70. The maximum atomic E-state index is 12.8. The van der Waals surface area contributed by atoms with E-state index < -0.39 is 17.6 Å². The Labute approximate surface area is 143 Å². The number of phenols is 1. The lowest BCUT2D eigenvalue weighted by molar-refractivity contribution is -0.137. The summed E-state index contributed by atoms with van der Waals surface area (Å²) in [5.74, 6) is -0.247. The molecule has 0 radical (unpaired) electrons. The average Bonchev–Trinajstić information content (AvgIpc) is 2.61. The molecule has 2 aromatic rings. The first kappa shape index (κ1) is 17.1. The third-order valence-electron chi connectivity index (χ3n) is 4.23. The van der Waals surface area contributed by atoms with Crippen LogP contribution in [0.25, 0.3) is 0 Å². The van der Waals surface area contributed by atoms with Crippen LogP contribution in [0.15, 0.2) is 48.5 Å². The molecule has 1 heterocycles. The van der Waals surface area contributed by atoms with Gasteiger partial charge >= 0.3 is 6.18 Å². The van der Waals surface area contributed by atoms with Crippen LogP contribution in [0, 0.1) is 0 Å². The van der Waals surface area contributed by atoms with Gasteiger partial charge < -0.3 is 14.9 Å². The molecule has 0 saturated carbocycles. The first-order chi connectivity index (χ1) is 11.9. The zero-order valence-corrected chi connectivity index (χ0v) is 13.3. The molecule has 132 valence electrons. The van der Waals surface area contributed by atoms with Gasteiger partial charge in [-0.15, -0.1) is 0 Å². The molecule has 0 atom stereocenters. The highest BCUT2D eigenvalue weighted by molar-refractivity contribution is 5.94. The normalized spacial score (nSPS) is 15.3. The number of aromatic hydroxyl groups is 1. The molecule has 7 heteroatoms. The number of halogens is 3. The van der Waals surface area contributed by atoms with Gasteiger partial charge in [-0.05, 0) is 30.3 Å². The second-order valence-corrected chi connectivity index (χ2v) is 5.85. The summed E-state index contributed by atoms with van der Waals surface area (Å²) in [7, 11) is 0. The van der Waals surface area contributed by atoms with Crippen molar-refractivity contribution in [2.75, 3.05) is 31.1 Å². The fourth-order valence-electron chi connectivity index (χ4n) is 2.89. The summed E-state index contributed by atoms with van der Waals surface area (Å²) >= 11 is 0. The quantitative estimate of drug-likeness (QED) is 0.903. The average molecular weight is 350 g/mol. The van der Waals surface area contributed by atoms with Crippen LogP contribution >= 0.6 is 0 Å². The molecule has 2 aromatic carbocycles. The molecule has 1 N–H and O–H groups in total. The summed E-state index contributed by atoms with van der Waals surface area (Å²) in [4.78, 5) is 16.0. The van der Waals surface area contributed by atoms with E-state index in [1.165, 1.54) is 17.0 Å². The number of hydrogen-bond acceptors (Lipinski definition) is 3. The van der Waals surface area contributed by atoms with Gasteiger partial charge in [0.25, 0.3) is 5.91 Å². The van der Waals surface area contributed by atoms with Crippen LogP contribution < -0.4 is 4.90 Å². The van der Waals surface area contributed by atoms with Crippen LogP contribution in [0.2, 0.25) is 0 Å². The molecule has 1 aliphatic heterocycles. The number of piperazine rings is 1. The van der Waals surface area contributed by atoms with E-state index in [1.807, 2.05) is 11.0 Å². The minimum atomic E-state index is -4.47. The van der Waals surface area contributed by atoms with Crippen molar-refractivity contribution < 1.29 is 23.1 Å². The molecule has 0 aliphatic carbocycles. The van der Waals surface area contributed by atoms with Gasteiger partial charge in [-0.1, -0.05) is 18.2 Å². The lowest BCUT2D eigenvalue weighted by Gasteiger charge is -2.36. The van der Waals surface area contributed by atoms with E-state index in [1.54, 1.807) is 18.2 Å². The molecule has 1 aliphatic rings. The van der Waals surface area contributed by atoms with Crippen molar-refractivity contribution in [3.63, 3.8) is 0 Å². The van der Waals surface area contributed by atoms with Gasteiger partial charge in [0.15, 0.2) is 0 Å². The third-order valence-corrected chi connectivity index (χ3v) is 4.23. The molecule has 0 bridgehead atoms. The predicted octanol–water partition coefficient (Wildman–Crippen LogP) is 3.37. The molecular weight excluding hydrogens is 333 g/mol. The summed E-state index contributed by atoms with van der Waals surface area (Å²) in [5, 5.41) is 9.89. The van der Waals surface area contributed by atoms with Crippen LogP contribution in [0.3, 0.4) is 0 Å². The second kappa shape index (κ2) is 6.66. The Morgan fingerprint density at radius 2 is 1.64 bits per heavy atom. The van der Waals surface area contributed by atoms with Gasteiger partial charge in [0, 0.05) is 31.7 Å². The van der Waals surface area contributed by atoms with Crippen LogP contribution in [0.1, 0.15) is 15.9 Å². The highest BCUT2D eigenvalue weighted by Crippen LogP contribution is 2.30. The molecule has 1 amide bonds. The van der Waals surface area contributed by atoms with E-state index in [9.17, 15) is 23.1 Å². The number of alkyl halides is 3. The fraction of sp³-hybridized carbons (Fsp3) is 0.278. The SMILES string of the molecule is O=C(c1cccc(C(F)(F)F)c1)N1CCN(c2ccccc2O)CC1. The number of rotatable bonds is 2. The number of hydrogen-bond donors (Lipinski definition) is 1. The van der Waals surface area contributed by atoms with Crippen LogP contribution in [-0.2, 0) is 6.18 Å². The standard InChI is InChI=1S/C18H17F3N2O2/c19-18(20,21)14-5-3-4-13(12-14)17(25)23-10-8-22(9-11-23)15-6-1-2-7-16(15)24/h1-7,12,24H,8-11H2. The number of carbonyl (C=O) groups is 1. The van der Waals surface area contributed by atoms with Crippen molar-refractivity contribution in [2.45, 2.75) is 6.18 Å². The topological polar surface area (TPSA) is 43.8 Å². The summed E-state index contributed by atoms with van der Waals surface area (Å²) in [6.07, 6.45) is -4.47. The number of benzene rings is 2. The van der Waals surface area contributed by atoms with Crippen molar-refractivity contribution in [1.82, 2.24) is 4.90 Å². The largest absolute Gasteiger partial charge is 0.506 e. The minimum Gasteiger partial charge on any atom is -0.506 e. The van der Waals surface area contributed by atoms with Gasteiger partial charge in [-0.3, -0.25) is 4.79 Å². The van der Waals surface area contributed by atoms with E-state index >= 15 is 0 Å². The summed E-state index contributed by atoms with van der Waals surface area (Å²) in [5.41, 5.74) is -0.106. The lowest BCUT2D eigenvalue weighted by atomic mass is 10.1. The first-order valence-corrected chi connectivity index (χ1v) is 7.86. The van der Waals surface area contributed by atoms with Gasteiger partial charge in [0.1, 0.15) is 5.75 Å². The van der Waals surface area contributed by atoms with Gasteiger partial charge in [-0.2, -0.15) is 13.2 Å². The molecular formula is C18H17F3N2O2. The Balaban J connectivity index is 1.69. The smallest absolute Gasteiger partial charge is 0.416 e. The minimum absolute atomic E-state index is 0.0332. The van der Waals surface area contributed by atoms with E-state index in [2.05, 4.69) is 0 Å². The number of carbonyl (C=O) groups excluding carboxylic acids is 1. The molecule has 0 spiro atoms. The van der Waals surface area contributed by atoms with Crippen LogP contribution in [0.4, 0.5) is 18.9 Å². The summed E-state index contributed by atoms with van der Waals surface area (Å²) in [6, 6.07) is 11.4. The number of para-hydroxylation sites is 2. The molecule has 0 unspecified atom stereocenters. The maximum absolute atomic E-state index is 12.8. The summed E-state index contributed by atoms with van der Waals surface area (Å²) in [6.45, 7) is 1.76. The fourth-order valence-corrected chi connectivity index (χ4v) is 2.89. The van der Waals surface area contributed by atoms with E-state index in [0.717, 1.165) is 12.1 Å². The Bertz CT molecular complexity index is 769. The van der Waals surface area contributed by atoms with Gasteiger partial charge in [0.2, 0.25) is 0 Å². The molecule has 0 aromatic heterocycles. The number of anilines is 1. The zero-order valence-electron chi connectivity index (χ0n) is 13.3. The Hall–Kier alpha value is -2.70. The highest BCUT2D eigenvalue weighted by atomic mass is 19.4. The van der Waals surface area contributed by atoms with Crippen LogP contribution in [0.5, 0.6) is 5.75 Å². The number of nitrogens with zero attached hydrogens (tertiary/aromatic N) is 2. The predicted molar refractivity (Wildman–Crippen MR) is 87.7 cm³/mol. The number of amides is 1. The monoisotopic (exact) mass is 350 g/mol. The second-order valence-electron chi connectivity index (χ2n) is 5.85. The Kier molecular flexibility index (Phi) is 4.57. The van der Waals surface area contributed by atoms with Crippen LogP contribution in [-0.4, -0.2) is 42.1 Å². The van der Waals surface area contributed by atoms with Crippen molar-refractivity contribution in [3.8, 4) is 5.75 Å². The molecule has 4 nitrogen and oxygen atoms in total. The highest BCUT2D eigenvalue weighted by Gasteiger charge is 2.31. The number of phenolic OH excluding ortho intramolecular Hbond substituents is 1. The van der Waals surface area contributed by atoms with E-state index in [-0.39, 0.29) is 11.3 Å². The summed E-state index contributed by atoms with van der Waals surface area (Å²) < 4.78 is 38.4. The molecule has 25 heavy (non-hydrogen) atoms. The van der Waals surface area contributed by atoms with E-state index in [4.69, 9.17) is 0 Å². The lowest BCUT2D eigenvalue weighted by Crippen LogP contribution is -2.48. The molecule has 1 fully saturated rings. The maximum Gasteiger partial charge on any atom is 0.416 e. The van der Waals surface area contributed by atoms with Crippen molar-refractivity contribution >= 4 is 11.6 Å². The molecule has 1 saturated heterocycles. The Morgan fingerprint density at radius 3 is 2.28 bits per heavy atom. The Morgan fingerprint density at radius 1 is 0.960 bits per heavy atom. The zero-order chi connectivity index (χ0) is 18.0. The van der Waals surface area contributed by atoms with E-state index in [0.29, 0.717) is 31.9 Å². The van der Waals surface area contributed by atoms with Gasteiger partial charge in [-0.25, -0.2) is 0 Å². The van der Waals surface area contributed by atoms with Crippen molar-refractivity contribution in [2.24, 2.45) is 0 Å². The van der Waals surface area contributed by atoms with Gasteiger partial charge in [0.05, 0.1) is 11.3 Å².